The number of para-hydroxylation sites is 1. The number of rotatable bonds is 5. The molecule has 1 heterocycles. The number of benzene rings is 1. The third kappa shape index (κ3) is 5.76. The van der Waals surface area contributed by atoms with Gasteiger partial charge in [0.1, 0.15) is 18.4 Å². The number of amides is 1. The highest BCUT2D eigenvalue weighted by Gasteiger charge is 2.22. The molecular formula is C18H28N4O2. The molecule has 24 heavy (non-hydrogen) atoms. The van der Waals surface area contributed by atoms with E-state index in [1.807, 2.05) is 45.9 Å². The standard InChI is InChI=1S/C18H28N4O2/c1-5-19-17(21-12-16(23)22-18(2,3)4)20-11-14-10-13-8-6-7-9-15(13)24-14/h6-9,14H,5,10-12H2,1-4H3,(H,22,23)(H2,19,20,21). The summed E-state index contributed by atoms with van der Waals surface area (Å²) in [6.45, 7) is 9.32. The molecule has 0 aromatic heterocycles. The van der Waals surface area contributed by atoms with E-state index in [1.54, 1.807) is 0 Å². The molecule has 0 spiro atoms. The highest BCUT2D eigenvalue weighted by molar-refractivity contribution is 5.85. The molecule has 1 amide bonds. The quantitative estimate of drug-likeness (QED) is 0.564. The maximum Gasteiger partial charge on any atom is 0.242 e. The molecule has 1 aromatic carbocycles. The van der Waals surface area contributed by atoms with Crippen molar-refractivity contribution in [3.63, 3.8) is 0 Å². The zero-order valence-corrected chi connectivity index (χ0v) is 15.0. The first kappa shape index (κ1) is 18.1. The van der Waals surface area contributed by atoms with Crippen LogP contribution < -0.4 is 20.7 Å². The van der Waals surface area contributed by atoms with Crippen molar-refractivity contribution in [3.8, 4) is 5.75 Å². The summed E-state index contributed by atoms with van der Waals surface area (Å²) in [5.74, 6) is 1.49. The topological polar surface area (TPSA) is 74.8 Å². The van der Waals surface area contributed by atoms with Crippen LogP contribution in [0.5, 0.6) is 5.75 Å². The molecule has 1 unspecified atom stereocenters. The van der Waals surface area contributed by atoms with E-state index < -0.39 is 0 Å². The molecule has 1 aliphatic heterocycles. The van der Waals surface area contributed by atoms with Gasteiger partial charge in [0.15, 0.2) is 5.96 Å². The minimum absolute atomic E-state index is 0.0784. The highest BCUT2D eigenvalue weighted by atomic mass is 16.5. The zero-order chi connectivity index (χ0) is 17.6. The first-order valence-corrected chi connectivity index (χ1v) is 8.45. The first-order chi connectivity index (χ1) is 11.4. The number of nitrogens with zero attached hydrogens (tertiary/aromatic N) is 1. The Morgan fingerprint density at radius 3 is 2.71 bits per heavy atom. The molecule has 1 aromatic rings. The van der Waals surface area contributed by atoms with Crippen LogP contribution in [0.1, 0.15) is 33.3 Å². The summed E-state index contributed by atoms with van der Waals surface area (Å²) >= 11 is 0. The van der Waals surface area contributed by atoms with E-state index in [4.69, 9.17) is 4.74 Å². The Labute approximate surface area is 144 Å². The number of carbonyl (C=O) groups is 1. The number of ether oxygens (including phenoxy) is 1. The first-order valence-electron chi connectivity index (χ1n) is 8.45. The van der Waals surface area contributed by atoms with Crippen LogP contribution in [-0.4, -0.2) is 43.1 Å². The molecule has 132 valence electrons. The summed E-state index contributed by atoms with van der Waals surface area (Å²) in [6.07, 6.45) is 0.960. The van der Waals surface area contributed by atoms with Gasteiger partial charge in [-0.1, -0.05) is 18.2 Å². The van der Waals surface area contributed by atoms with Crippen LogP contribution >= 0.6 is 0 Å². The van der Waals surface area contributed by atoms with Crippen molar-refractivity contribution in [2.45, 2.75) is 45.8 Å². The minimum atomic E-state index is -0.248. The Hall–Kier alpha value is -2.24. The van der Waals surface area contributed by atoms with E-state index in [0.29, 0.717) is 12.5 Å². The second-order valence-corrected chi connectivity index (χ2v) is 6.93. The van der Waals surface area contributed by atoms with Crippen LogP contribution in [0.15, 0.2) is 29.3 Å². The van der Waals surface area contributed by atoms with Crippen LogP contribution in [0.2, 0.25) is 0 Å². The monoisotopic (exact) mass is 332 g/mol. The fourth-order valence-corrected chi connectivity index (χ4v) is 2.53. The predicted molar refractivity (Wildman–Crippen MR) is 96.4 cm³/mol. The third-order valence-electron chi connectivity index (χ3n) is 3.45. The molecule has 0 saturated carbocycles. The van der Waals surface area contributed by atoms with E-state index in [-0.39, 0.29) is 24.1 Å². The Morgan fingerprint density at radius 1 is 1.29 bits per heavy atom. The Balaban J connectivity index is 1.83. The number of hydrogen-bond acceptors (Lipinski definition) is 3. The molecule has 6 nitrogen and oxygen atoms in total. The van der Waals surface area contributed by atoms with Crippen LogP contribution in [0.25, 0.3) is 0 Å². The fraction of sp³-hybridized carbons (Fsp3) is 0.556. The van der Waals surface area contributed by atoms with Gasteiger partial charge >= 0.3 is 0 Å². The van der Waals surface area contributed by atoms with Crippen molar-refractivity contribution in [2.24, 2.45) is 4.99 Å². The molecule has 0 fully saturated rings. The summed E-state index contributed by atoms with van der Waals surface area (Å²) in [4.78, 5) is 16.2. The third-order valence-corrected chi connectivity index (χ3v) is 3.45. The summed E-state index contributed by atoms with van der Waals surface area (Å²) in [7, 11) is 0. The molecule has 0 bridgehead atoms. The molecular weight excluding hydrogens is 304 g/mol. The van der Waals surface area contributed by atoms with E-state index in [1.165, 1.54) is 5.56 Å². The lowest BCUT2D eigenvalue weighted by molar-refractivity contribution is -0.121. The lowest BCUT2D eigenvalue weighted by Gasteiger charge is -2.20. The van der Waals surface area contributed by atoms with Crippen LogP contribution in [0.4, 0.5) is 0 Å². The van der Waals surface area contributed by atoms with Crippen molar-refractivity contribution < 1.29 is 9.53 Å². The number of fused-ring (bicyclic) bond motifs is 1. The summed E-state index contributed by atoms with van der Waals surface area (Å²) in [5, 5.41) is 9.30. The molecule has 3 N–H and O–H groups in total. The second-order valence-electron chi connectivity index (χ2n) is 6.93. The molecule has 1 atom stereocenters. The van der Waals surface area contributed by atoms with Crippen LogP contribution in [0.3, 0.4) is 0 Å². The van der Waals surface area contributed by atoms with Gasteiger partial charge < -0.3 is 20.7 Å². The molecule has 0 aliphatic carbocycles. The maximum absolute atomic E-state index is 11.9. The van der Waals surface area contributed by atoms with Crippen molar-refractivity contribution in [1.29, 1.82) is 0 Å². The van der Waals surface area contributed by atoms with Gasteiger partial charge in [0.2, 0.25) is 5.91 Å². The minimum Gasteiger partial charge on any atom is -0.488 e. The summed E-state index contributed by atoms with van der Waals surface area (Å²) in [5.41, 5.74) is 0.984. The van der Waals surface area contributed by atoms with Crippen LogP contribution in [0, 0.1) is 0 Å². The summed E-state index contributed by atoms with van der Waals surface area (Å²) < 4.78 is 5.90. The predicted octanol–water partition coefficient (Wildman–Crippen LogP) is 1.46. The SMILES string of the molecule is CCNC(=NCC(=O)NC(C)(C)C)NCC1Cc2ccccc2O1. The molecule has 2 rings (SSSR count). The molecule has 6 heteroatoms. The highest BCUT2D eigenvalue weighted by Crippen LogP contribution is 2.27. The second kappa shape index (κ2) is 8.04. The Morgan fingerprint density at radius 2 is 2.04 bits per heavy atom. The molecule has 0 saturated heterocycles. The average Bonchev–Trinajstić information content (AvgIpc) is 2.91. The number of guanidine groups is 1. The average molecular weight is 332 g/mol. The Kier molecular flexibility index (Phi) is 6.06. The lowest BCUT2D eigenvalue weighted by atomic mass is 10.1. The number of carbonyl (C=O) groups excluding carboxylic acids is 1. The number of aliphatic imine (C=N–C) groups is 1. The maximum atomic E-state index is 11.9. The van der Waals surface area contributed by atoms with E-state index in [0.717, 1.165) is 18.7 Å². The van der Waals surface area contributed by atoms with Crippen molar-refractivity contribution in [3.05, 3.63) is 29.8 Å². The lowest BCUT2D eigenvalue weighted by Crippen LogP contribution is -2.44. The largest absolute Gasteiger partial charge is 0.488 e. The van der Waals surface area contributed by atoms with Gasteiger partial charge in [-0.05, 0) is 39.3 Å². The van der Waals surface area contributed by atoms with E-state index in [9.17, 15) is 4.79 Å². The number of nitrogens with one attached hydrogen (secondary N) is 3. The Bertz CT molecular complexity index is 568. The normalized spacial score (nSPS) is 17.0. The van der Waals surface area contributed by atoms with Gasteiger partial charge in [0, 0.05) is 18.5 Å². The van der Waals surface area contributed by atoms with Crippen molar-refractivity contribution in [1.82, 2.24) is 16.0 Å². The smallest absolute Gasteiger partial charge is 0.242 e. The van der Waals surface area contributed by atoms with Gasteiger partial charge in [-0.15, -0.1) is 0 Å². The van der Waals surface area contributed by atoms with Gasteiger partial charge in [-0.2, -0.15) is 0 Å². The van der Waals surface area contributed by atoms with E-state index >= 15 is 0 Å². The number of hydrogen-bond donors (Lipinski definition) is 3. The van der Waals surface area contributed by atoms with Gasteiger partial charge in [-0.25, -0.2) is 4.99 Å². The van der Waals surface area contributed by atoms with Crippen molar-refractivity contribution >= 4 is 11.9 Å². The van der Waals surface area contributed by atoms with Crippen LogP contribution in [-0.2, 0) is 11.2 Å². The summed E-state index contributed by atoms with van der Waals surface area (Å²) in [6, 6.07) is 8.09. The zero-order valence-electron chi connectivity index (χ0n) is 15.0. The van der Waals surface area contributed by atoms with Gasteiger partial charge in [-0.3, -0.25) is 4.79 Å². The fourth-order valence-electron chi connectivity index (χ4n) is 2.53. The molecule has 0 radical (unpaired) electrons. The van der Waals surface area contributed by atoms with Crippen molar-refractivity contribution in [2.75, 3.05) is 19.6 Å². The van der Waals surface area contributed by atoms with E-state index in [2.05, 4.69) is 27.0 Å². The molecule has 1 aliphatic rings. The van der Waals surface area contributed by atoms with Gasteiger partial charge in [0.25, 0.3) is 0 Å². The van der Waals surface area contributed by atoms with Gasteiger partial charge in [0.05, 0.1) is 6.54 Å².